The van der Waals surface area contributed by atoms with Crippen molar-refractivity contribution in [2.24, 2.45) is 10.9 Å². The molecule has 0 aromatic rings. The van der Waals surface area contributed by atoms with Gasteiger partial charge in [0, 0.05) is 45.3 Å². The van der Waals surface area contributed by atoms with Gasteiger partial charge in [-0.2, -0.15) is 0 Å². The summed E-state index contributed by atoms with van der Waals surface area (Å²) in [6, 6.07) is 0.668. The molecule has 0 aliphatic carbocycles. The standard InChI is InChI=1S/C17H34N4O.HI/c1-4-15(5-2)13-19-17(18-6-3)21-8-7-16(14-21)20-9-11-22-12-10-20;/h15-16H,4-14H2,1-3H3,(H,18,19);1H. The molecule has 0 saturated carbocycles. The van der Waals surface area contributed by atoms with Gasteiger partial charge in [-0.15, -0.1) is 24.0 Å². The highest BCUT2D eigenvalue weighted by Crippen LogP contribution is 2.17. The normalized spacial score (nSPS) is 23.2. The van der Waals surface area contributed by atoms with Gasteiger partial charge in [-0.3, -0.25) is 9.89 Å². The average Bonchev–Trinajstić information content (AvgIpc) is 3.05. The summed E-state index contributed by atoms with van der Waals surface area (Å²) in [5.41, 5.74) is 0. The Hall–Kier alpha value is -0.0800. The van der Waals surface area contributed by atoms with Crippen molar-refractivity contribution in [1.29, 1.82) is 0 Å². The monoisotopic (exact) mass is 438 g/mol. The van der Waals surface area contributed by atoms with Crippen LogP contribution in [0.3, 0.4) is 0 Å². The third-order valence-electron chi connectivity index (χ3n) is 5.01. The van der Waals surface area contributed by atoms with E-state index in [9.17, 15) is 0 Å². The van der Waals surface area contributed by atoms with Gasteiger partial charge < -0.3 is 15.0 Å². The van der Waals surface area contributed by atoms with E-state index in [4.69, 9.17) is 9.73 Å². The summed E-state index contributed by atoms with van der Waals surface area (Å²) in [4.78, 5) is 9.95. The van der Waals surface area contributed by atoms with Crippen LogP contribution < -0.4 is 5.32 Å². The van der Waals surface area contributed by atoms with Gasteiger partial charge in [0.1, 0.15) is 0 Å². The topological polar surface area (TPSA) is 40.1 Å². The van der Waals surface area contributed by atoms with Gasteiger partial charge in [0.25, 0.3) is 0 Å². The molecule has 2 rings (SSSR count). The number of rotatable bonds is 6. The lowest BCUT2D eigenvalue weighted by Crippen LogP contribution is -2.46. The van der Waals surface area contributed by atoms with Crippen LogP contribution in [0.2, 0.25) is 0 Å². The largest absolute Gasteiger partial charge is 0.379 e. The van der Waals surface area contributed by atoms with E-state index in [0.29, 0.717) is 12.0 Å². The summed E-state index contributed by atoms with van der Waals surface area (Å²) in [5.74, 6) is 1.83. The van der Waals surface area contributed by atoms with Crippen molar-refractivity contribution < 1.29 is 4.74 Å². The molecule has 2 aliphatic heterocycles. The molecule has 2 fully saturated rings. The van der Waals surface area contributed by atoms with Crippen LogP contribution in [0.25, 0.3) is 0 Å². The van der Waals surface area contributed by atoms with Crippen molar-refractivity contribution in [1.82, 2.24) is 15.1 Å². The van der Waals surface area contributed by atoms with Crippen molar-refractivity contribution in [3.63, 3.8) is 0 Å². The third-order valence-corrected chi connectivity index (χ3v) is 5.01. The molecule has 1 unspecified atom stereocenters. The number of likely N-dealkylation sites (tertiary alicyclic amines) is 1. The van der Waals surface area contributed by atoms with Gasteiger partial charge in [-0.1, -0.05) is 26.7 Å². The van der Waals surface area contributed by atoms with Crippen LogP contribution in [0.4, 0.5) is 0 Å². The van der Waals surface area contributed by atoms with Crippen LogP contribution in [0.1, 0.15) is 40.0 Å². The number of nitrogens with one attached hydrogen (secondary N) is 1. The summed E-state index contributed by atoms with van der Waals surface area (Å²) < 4.78 is 5.47. The number of ether oxygens (including phenoxy) is 1. The molecule has 136 valence electrons. The zero-order valence-corrected chi connectivity index (χ0v) is 17.4. The molecule has 0 radical (unpaired) electrons. The second-order valence-electron chi connectivity index (χ2n) is 6.41. The van der Waals surface area contributed by atoms with E-state index in [1.54, 1.807) is 0 Å². The molecule has 0 spiro atoms. The molecule has 5 nitrogen and oxygen atoms in total. The Labute approximate surface area is 159 Å². The number of guanidine groups is 1. The molecule has 1 atom stereocenters. The summed E-state index contributed by atoms with van der Waals surface area (Å²) in [6.07, 6.45) is 3.68. The first-order valence-electron chi connectivity index (χ1n) is 9.13. The minimum atomic E-state index is 0. The summed E-state index contributed by atoms with van der Waals surface area (Å²) in [7, 11) is 0. The maximum atomic E-state index is 5.47. The Morgan fingerprint density at radius 3 is 2.48 bits per heavy atom. The van der Waals surface area contributed by atoms with E-state index >= 15 is 0 Å². The summed E-state index contributed by atoms with van der Waals surface area (Å²) >= 11 is 0. The second kappa shape index (κ2) is 11.5. The highest BCUT2D eigenvalue weighted by Gasteiger charge is 2.30. The van der Waals surface area contributed by atoms with Gasteiger partial charge in [-0.05, 0) is 19.3 Å². The fourth-order valence-electron chi connectivity index (χ4n) is 3.36. The van der Waals surface area contributed by atoms with Gasteiger partial charge in [0.15, 0.2) is 5.96 Å². The van der Waals surface area contributed by atoms with Crippen molar-refractivity contribution in [2.45, 2.75) is 46.1 Å². The molecule has 23 heavy (non-hydrogen) atoms. The maximum absolute atomic E-state index is 5.47. The molecule has 0 amide bonds. The Morgan fingerprint density at radius 2 is 1.87 bits per heavy atom. The number of nitrogens with zero attached hydrogens (tertiary/aromatic N) is 3. The molecule has 6 heteroatoms. The number of halogens is 1. The van der Waals surface area contributed by atoms with Crippen LogP contribution in [0, 0.1) is 5.92 Å². The Balaban J connectivity index is 0.00000264. The predicted molar refractivity (Wildman–Crippen MR) is 108 cm³/mol. The van der Waals surface area contributed by atoms with Crippen LogP contribution in [-0.2, 0) is 4.74 Å². The number of hydrogen-bond acceptors (Lipinski definition) is 3. The van der Waals surface area contributed by atoms with Crippen LogP contribution in [-0.4, -0.2) is 74.3 Å². The lowest BCUT2D eigenvalue weighted by Gasteiger charge is -2.32. The molecular weight excluding hydrogens is 403 g/mol. The van der Waals surface area contributed by atoms with Crippen LogP contribution in [0.5, 0.6) is 0 Å². The van der Waals surface area contributed by atoms with Gasteiger partial charge in [0.2, 0.25) is 0 Å². The lowest BCUT2D eigenvalue weighted by molar-refractivity contribution is 0.0195. The third kappa shape index (κ3) is 6.38. The summed E-state index contributed by atoms with van der Waals surface area (Å²) in [5, 5.41) is 3.48. The molecule has 2 saturated heterocycles. The predicted octanol–water partition coefficient (Wildman–Crippen LogP) is 2.41. The number of hydrogen-bond donors (Lipinski definition) is 1. The molecular formula is C17H35IN4O. The van der Waals surface area contributed by atoms with Gasteiger partial charge in [0.05, 0.1) is 13.2 Å². The zero-order valence-electron chi connectivity index (χ0n) is 15.1. The van der Waals surface area contributed by atoms with Gasteiger partial charge >= 0.3 is 0 Å². The number of aliphatic imine (C=N–C) groups is 1. The minimum Gasteiger partial charge on any atom is -0.379 e. The highest BCUT2D eigenvalue weighted by molar-refractivity contribution is 14.0. The quantitative estimate of drug-likeness (QED) is 0.393. The van der Waals surface area contributed by atoms with Crippen molar-refractivity contribution in [3.8, 4) is 0 Å². The van der Waals surface area contributed by atoms with Crippen LogP contribution >= 0.6 is 24.0 Å². The SMILES string of the molecule is CCNC(=NCC(CC)CC)N1CCC(N2CCOCC2)C1.I. The molecule has 2 heterocycles. The minimum absolute atomic E-state index is 0. The Morgan fingerprint density at radius 1 is 1.17 bits per heavy atom. The van der Waals surface area contributed by atoms with E-state index in [1.807, 2.05) is 0 Å². The summed E-state index contributed by atoms with van der Waals surface area (Å²) in [6.45, 7) is 14.8. The molecule has 1 N–H and O–H groups in total. The lowest BCUT2D eigenvalue weighted by atomic mass is 10.0. The smallest absolute Gasteiger partial charge is 0.193 e. The molecule has 0 aromatic heterocycles. The van der Waals surface area contributed by atoms with Crippen LogP contribution in [0.15, 0.2) is 4.99 Å². The van der Waals surface area contributed by atoms with Crippen molar-refractivity contribution in [2.75, 3.05) is 52.5 Å². The number of morpholine rings is 1. The fraction of sp³-hybridized carbons (Fsp3) is 0.941. The maximum Gasteiger partial charge on any atom is 0.193 e. The molecule has 0 bridgehead atoms. The van der Waals surface area contributed by atoms with Crippen molar-refractivity contribution in [3.05, 3.63) is 0 Å². The fourth-order valence-corrected chi connectivity index (χ4v) is 3.36. The van der Waals surface area contributed by atoms with Gasteiger partial charge in [-0.25, -0.2) is 0 Å². The van der Waals surface area contributed by atoms with E-state index in [2.05, 4.69) is 35.9 Å². The van der Waals surface area contributed by atoms with E-state index in [0.717, 1.165) is 58.4 Å². The second-order valence-corrected chi connectivity index (χ2v) is 6.41. The molecule has 2 aliphatic rings. The highest BCUT2D eigenvalue weighted by atomic mass is 127. The average molecular weight is 438 g/mol. The molecule has 0 aromatic carbocycles. The van der Waals surface area contributed by atoms with Crippen molar-refractivity contribution >= 4 is 29.9 Å². The first-order chi connectivity index (χ1) is 10.8. The van der Waals surface area contributed by atoms with E-state index in [-0.39, 0.29) is 24.0 Å². The van der Waals surface area contributed by atoms with E-state index in [1.165, 1.54) is 19.3 Å². The first kappa shape index (κ1) is 21.0. The zero-order chi connectivity index (χ0) is 15.8. The Bertz CT molecular complexity index is 343. The Kier molecular flexibility index (Phi) is 10.5. The van der Waals surface area contributed by atoms with E-state index < -0.39 is 0 Å². The first-order valence-corrected chi connectivity index (χ1v) is 9.13.